The smallest absolute Gasteiger partial charge is 0.108 e. The molecule has 1 aromatic heterocycles. The van der Waals surface area contributed by atoms with Gasteiger partial charge in [-0.25, -0.2) is 4.98 Å². The van der Waals surface area contributed by atoms with Gasteiger partial charge in [0, 0.05) is 25.4 Å². The van der Waals surface area contributed by atoms with Crippen molar-refractivity contribution >= 4 is 0 Å². The van der Waals surface area contributed by atoms with Crippen molar-refractivity contribution in [3.05, 3.63) is 18.2 Å². The first-order chi connectivity index (χ1) is 8.35. The van der Waals surface area contributed by atoms with Crippen molar-refractivity contribution in [3.8, 4) is 0 Å². The Bertz CT molecular complexity index is 332. The van der Waals surface area contributed by atoms with Crippen molar-refractivity contribution in [3.63, 3.8) is 0 Å². The molecule has 0 radical (unpaired) electrons. The average molecular weight is 235 g/mol. The van der Waals surface area contributed by atoms with Crippen LogP contribution in [0.15, 0.2) is 12.4 Å². The monoisotopic (exact) mass is 235 g/mol. The molecule has 1 N–H and O–H groups in total. The van der Waals surface area contributed by atoms with Crippen LogP contribution in [0.5, 0.6) is 0 Å². The minimum atomic E-state index is 0.854. The average Bonchev–Trinajstić information content (AvgIpc) is 2.73. The third-order valence-electron chi connectivity index (χ3n) is 3.94. The fourth-order valence-electron chi connectivity index (χ4n) is 2.71. The van der Waals surface area contributed by atoms with Crippen molar-refractivity contribution in [1.29, 1.82) is 0 Å². The minimum Gasteiger partial charge on any atom is -0.335 e. The summed E-state index contributed by atoms with van der Waals surface area (Å²) in [5.74, 6) is 3.02. The van der Waals surface area contributed by atoms with Crippen LogP contribution in [0.2, 0.25) is 0 Å². The first kappa shape index (κ1) is 12.6. The van der Waals surface area contributed by atoms with E-state index in [1.54, 1.807) is 0 Å². The van der Waals surface area contributed by atoms with Gasteiger partial charge in [-0.1, -0.05) is 13.8 Å². The topological polar surface area (TPSA) is 29.9 Å². The molecule has 3 heteroatoms. The third kappa shape index (κ3) is 3.09. The Kier molecular flexibility index (Phi) is 4.60. The highest BCUT2D eigenvalue weighted by Crippen LogP contribution is 2.36. The molecule has 0 aliphatic heterocycles. The predicted octanol–water partition coefficient (Wildman–Crippen LogP) is 2.47. The Hall–Kier alpha value is -0.830. The molecule has 1 heterocycles. The molecule has 2 atom stereocenters. The summed E-state index contributed by atoms with van der Waals surface area (Å²) in [7, 11) is 0. The Balaban J connectivity index is 1.85. The highest BCUT2D eigenvalue weighted by Gasteiger charge is 2.31. The minimum absolute atomic E-state index is 0.854. The maximum atomic E-state index is 4.51. The van der Waals surface area contributed by atoms with E-state index in [0.717, 1.165) is 24.9 Å². The van der Waals surface area contributed by atoms with E-state index in [-0.39, 0.29) is 0 Å². The van der Waals surface area contributed by atoms with Crippen molar-refractivity contribution in [2.24, 2.45) is 11.8 Å². The molecule has 0 amide bonds. The fraction of sp³-hybridized carbons (Fsp3) is 0.786. The Labute approximate surface area is 105 Å². The molecule has 0 saturated heterocycles. The van der Waals surface area contributed by atoms with Gasteiger partial charge in [-0.2, -0.15) is 0 Å². The van der Waals surface area contributed by atoms with E-state index in [1.165, 1.54) is 38.1 Å². The first-order valence-corrected chi connectivity index (χ1v) is 7.05. The summed E-state index contributed by atoms with van der Waals surface area (Å²) in [4.78, 5) is 4.51. The summed E-state index contributed by atoms with van der Waals surface area (Å²) in [6.45, 7) is 7.80. The molecule has 2 unspecified atom stereocenters. The zero-order valence-corrected chi connectivity index (χ0v) is 11.2. The second kappa shape index (κ2) is 6.20. The van der Waals surface area contributed by atoms with Gasteiger partial charge in [-0.3, -0.25) is 0 Å². The highest BCUT2D eigenvalue weighted by molar-refractivity contribution is 4.97. The molecule has 96 valence electrons. The first-order valence-electron chi connectivity index (χ1n) is 7.05. The summed E-state index contributed by atoms with van der Waals surface area (Å²) in [5, 5.41) is 3.47. The van der Waals surface area contributed by atoms with Gasteiger partial charge >= 0.3 is 0 Å². The van der Waals surface area contributed by atoms with Gasteiger partial charge in [-0.15, -0.1) is 0 Å². The van der Waals surface area contributed by atoms with E-state index >= 15 is 0 Å². The SMILES string of the molecule is CCCn1ccnc1CC1CCC1CNCC. The van der Waals surface area contributed by atoms with E-state index < -0.39 is 0 Å². The quantitative estimate of drug-likeness (QED) is 0.787. The van der Waals surface area contributed by atoms with Crippen LogP contribution >= 0.6 is 0 Å². The predicted molar refractivity (Wildman–Crippen MR) is 71.0 cm³/mol. The molecule has 1 aliphatic rings. The van der Waals surface area contributed by atoms with E-state index in [1.807, 2.05) is 6.20 Å². The van der Waals surface area contributed by atoms with Crippen LogP contribution in [-0.2, 0) is 13.0 Å². The lowest BCUT2D eigenvalue weighted by Crippen LogP contribution is -2.36. The molecule has 0 bridgehead atoms. The van der Waals surface area contributed by atoms with Crippen LogP contribution in [0.3, 0.4) is 0 Å². The van der Waals surface area contributed by atoms with E-state index in [9.17, 15) is 0 Å². The number of aromatic nitrogens is 2. The van der Waals surface area contributed by atoms with Crippen molar-refractivity contribution in [2.45, 2.75) is 46.1 Å². The van der Waals surface area contributed by atoms with Crippen LogP contribution in [-0.4, -0.2) is 22.6 Å². The Morgan fingerprint density at radius 2 is 2.18 bits per heavy atom. The van der Waals surface area contributed by atoms with Gasteiger partial charge in [0.25, 0.3) is 0 Å². The molecule has 3 nitrogen and oxygen atoms in total. The van der Waals surface area contributed by atoms with Crippen LogP contribution in [0.1, 0.15) is 38.9 Å². The van der Waals surface area contributed by atoms with Crippen molar-refractivity contribution in [1.82, 2.24) is 14.9 Å². The normalized spacial score (nSPS) is 23.6. The van der Waals surface area contributed by atoms with Crippen LogP contribution < -0.4 is 5.32 Å². The molecule has 1 aromatic rings. The zero-order chi connectivity index (χ0) is 12.1. The molecule has 0 aromatic carbocycles. The molecule has 1 aliphatic carbocycles. The third-order valence-corrected chi connectivity index (χ3v) is 3.94. The summed E-state index contributed by atoms with van der Waals surface area (Å²) in [6, 6.07) is 0. The van der Waals surface area contributed by atoms with E-state index in [4.69, 9.17) is 0 Å². The fourth-order valence-corrected chi connectivity index (χ4v) is 2.71. The largest absolute Gasteiger partial charge is 0.335 e. The molecule has 1 saturated carbocycles. The number of aryl methyl sites for hydroxylation is 1. The van der Waals surface area contributed by atoms with Crippen molar-refractivity contribution in [2.75, 3.05) is 13.1 Å². The number of imidazole rings is 1. The van der Waals surface area contributed by atoms with E-state index in [2.05, 4.69) is 34.9 Å². The molecule has 0 spiro atoms. The van der Waals surface area contributed by atoms with E-state index in [0.29, 0.717) is 0 Å². The maximum Gasteiger partial charge on any atom is 0.108 e. The summed E-state index contributed by atoms with van der Waals surface area (Å²) >= 11 is 0. The lowest BCUT2D eigenvalue weighted by molar-refractivity contribution is 0.168. The van der Waals surface area contributed by atoms with Gasteiger partial charge in [-0.05, 0) is 44.2 Å². The van der Waals surface area contributed by atoms with Gasteiger partial charge in [0.15, 0.2) is 0 Å². The standard InChI is InChI=1S/C14H25N3/c1-3-8-17-9-7-16-14(17)10-12-5-6-13(12)11-15-4-2/h7,9,12-13,15H,3-6,8,10-11H2,1-2H3. The molecular formula is C14H25N3. The van der Waals surface area contributed by atoms with Crippen molar-refractivity contribution < 1.29 is 0 Å². The molecule has 17 heavy (non-hydrogen) atoms. The van der Waals surface area contributed by atoms with Crippen LogP contribution in [0, 0.1) is 11.8 Å². The second-order valence-corrected chi connectivity index (χ2v) is 5.15. The summed E-state index contributed by atoms with van der Waals surface area (Å²) < 4.78 is 2.32. The number of rotatable bonds is 7. The maximum absolute atomic E-state index is 4.51. The van der Waals surface area contributed by atoms with Crippen LogP contribution in [0.25, 0.3) is 0 Å². The van der Waals surface area contributed by atoms with Gasteiger partial charge < -0.3 is 9.88 Å². The second-order valence-electron chi connectivity index (χ2n) is 5.15. The lowest BCUT2D eigenvalue weighted by Gasteiger charge is -2.36. The highest BCUT2D eigenvalue weighted by atomic mass is 15.1. The molecular weight excluding hydrogens is 210 g/mol. The number of nitrogens with one attached hydrogen (secondary N) is 1. The lowest BCUT2D eigenvalue weighted by atomic mass is 9.71. The Morgan fingerprint density at radius 1 is 1.35 bits per heavy atom. The molecule has 2 rings (SSSR count). The van der Waals surface area contributed by atoms with Gasteiger partial charge in [0.2, 0.25) is 0 Å². The van der Waals surface area contributed by atoms with Gasteiger partial charge in [0.05, 0.1) is 0 Å². The summed E-state index contributed by atoms with van der Waals surface area (Å²) in [6.07, 6.45) is 9.21. The number of hydrogen-bond acceptors (Lipinski definition) is 2. The number of hydrogen-bond donors (Lipinski definition) is 1. The summed E-state index contributed by atoms with van der Waals surface area (Å²) in [5.41, 5.74) is 0. The number of nitrogens with zero attached hydrogens (tertiary/aromatic N) is 2. The zero-order valence-electron chi connectivity index (χ0n) is 11.2. The van der Waals surface area contributed by atoms with Gasteiger partial charge in [0.1, 0.15) is 5.82 Å². The Morgan fingerprint density at radius 3 is 2.82 bits per heavy atom. The van der Waals surface area contributed by atoms with Crippen LogP contribution in [0.4, 0.5) is 0 Å². The molecule has 1 fully saturated rings.